The van der Waals surface area contributed by atoms with Crippen LogP contribution in [0.3, 0.4) is 0 Å². The standard InChI is InChI=1S/C38H23ClN6O2S/c39-30-17-10-22-40-37(30)44(31-18-9-16-27(34(31)45(46)47)24-11-3-1-4-12-24)38-42-35(25-13-5-2-6-14-25)41-36(43-38)26-20-21-29-28-15-7-8-19-32(28)48-33(29)23-26/h1-23H. The van der Waals surface area contributed by atoms with E-state index < -0.39 is 4.92 Å². The number of nitrogens with zero attached hydrogens (tertiary/aromatic N) is 6. The molecule has 3 heterocycles. The first-order chi connectivity index (χ1) is 23.5. The lowest BCUT2D eigenvalue weighted by molar-refractivity contribution is -0.383. The van der Waals surface area contributed by atoms with Gasteiger partial charge in [0.15, 0.2) is 17.5 Å². The van der Waals surface area contributed by atoms with E-state index in [0.717, 1.165) is 21.2 Å². The quantitative estimate of drug-likeness (QED) is 0.124. The molecule has 0 radical (unpaired) electrons. The highest BCUT2D eigenvalue weighted by Gasteiger charge is 2.31. The fourth-order valence-corrected chi connectivity index (χ4v) is 7.14. The number of halogens is 1. The van der Waals surface area contributed by atoms with Crippen LogP contribution in [0.4, 0.5) is 23.1 Å². The molecule has 0 bridgehead atoms. The average Bonchev–Trinajstić information content (AvgIpc) is 3.51. The number of aromatic nitrogens is 4. The third kappa shape index (κ3) is 5.30. The zero-order chi connectivity index (χ0) is 32.6. The lowest BCUT2D eigenvalue weighted by Gasteiger charge is -2.24. The summed E-state index contributed by atoms with van der Waals surface area (Å²) in [7, 11) is 0. The number of nitro groups is 1. The zero-order valence-corrected chi connectivity index (χ0v) is 26.6. The van der Waals surface area contributed by atoms with Crippen molar-refractivity contribution in [3.05, 3.63) is 155 Å². The Labute approximate surface area is 283 Å². The summed E-state index contributed by atoms with van der Waals surface area (Å²) >= 11 is 8.48. The van der Waals surface area contributed by atoms with E-state index in [2.05, 4.69) is 29.2 Å². The Hall–Kier alpha value is -6.03. The average molecular weight is 663 g/mol. The van der Waals surface area contributed by atoms with Crippen molar-refractivity contribution in [3.63, 3.8) is 0 Å². The van der Waals surface area contributed by atoms with Crippen molar-refractivity contribution in [2.75, 3.05) is 4.90 Å². The molecule has 8 rings (SSSR count). The van der Waals surface area contributed by atoms with Crippen molar-refractivity contribution >= 4 is 66.3 Å². The van der Waals surface area contributed by atoms with Gasteiger partial charge < -0.3 is 0 Å². The largest absolute Gasteiger partial charge is 0.301 e. The Bertz CT molecular complexity index is 2470. The van der Waals surface area contributed by atoms with Crippen molar-refractivity contribution < 1.29 is 4.92 Å². The molecule has 8 aromatic rings. The number of pyridine rings is 1. The van der Waals surface area contributed by atoms with E-state index in [1.54, 1.807) is 52.8 Å². The molecule has 5 aromatic carbocycles. The number of benzene rings is 5. The van der Waals surface area contributed by atoms with Crippen LogP contribution < -0.4 is 4.90 Å². The Morgan fingerprint density at radius 2 is 1.33 bits per heavy atom. The normalized spacial score (nSPS) is 11.2. The van der Waals surface area contributed by atoms with Gasteiger partial charge in [0.1, 0.15) is 5.69 Å². The highest BCUT2D eigenvalue weighted by molar-refractivity contribution is 7.25. The third-order valence-corrected chi connectivity index (χ3v) is 9.40. The SMILES string of the molecule is O=[N+]([O-])c1c(-c2ccccc2)cccc1N(c1nc(-c2ccccc2)nc(-c2ccc3c(c2)sc2ccccc23)n1)c1ncccc1Cl. The number of para-hydroxylation sites is 1. The fraction of sp³-hybridized carbons (Fsp3) is 0. The van der Waals surface area contributed by atoms with Crippen LogP contribution in [0.5, 0.6) is 0 Å². The Morgan fingerprint density at radius 3 is 2.08 bits per heavy atom. The van der Waals surface area contributed by atoms with E-state index in [4.69, 9.17) is 26.6 Å². The van der Waals surface area contributed by atoms with Gasteiger partial charge in [0, 0.05) is 37.5 Å². The van der Waals surface area contributed by atoms with Gasteiger partial charge >= 0.3 is 5.69 Å². The lowest BCUT2D eigenvalue weighted by atomic mass is 10.0. The van der Waals surface area contributed by atoms with Gasteiger partial charge in [-0.2, -0.15) is 9.97 Å². The van der Waals surface area contributed by atoms with Gasteiger partial charge in [-0.1, -0.05) is 109 Å². The van der Waals surface area contributed by atoms with Crippen LogP contribution in [0.1, 0.15) is 0 Å². The summed E-state index contributed by atoms with van der Waals surface area (Å²) in [5.41, 5.74) is 2.72. The molecule has 230 valence electrons. The predicted octanol–water partition coefficient (Wildman–Crippen LogP) is 10.7. The number of thiophene rings is 1. The topological polar surface area (TPSA) is 97.9 Å². The second-order valence-electron chi connectivity index (χ2n) is 10.9. The van der Waals surface area contributed by atoms with Crippen LogP contribution in [0.2, 0.25) is 5.02 Å². The van der Waals surface area contributed by atoms with E-state index in [-0.39, 0.29) is 28.2 Å². The van der Waals surface area contributed by atoms with E-state index in [1.165, 1.54) is 10.1 Å². The molecule has 0 aliphatic heterocycles. The Kier molecular flexibility index (Phi) is 7.52. The minimum atomic E-state index is -0.392. The minimum absolute atomic E-state index is 0.129. The van der Waals surface area contributed by atoms with Crippen LogP contribution in [0.25, 0.3) is 54.1 Å². The molecule has 8 nitrogen and oxygen atoms in total. The van der Waals surface area contributed by atoms with E-state index in [1.807, 2.05) is 78.9 Å². The smallest absolute Gasteiger partial charge is 0.258 e. The van der Waals surface area contributed by atoms with Gasteiger partial charge in [0.05, 0.1) is 15.5 Å². The first-order valence-corrected chi connectivity index (χ1v) is 16.2. The second kappa shape index (κ2) is 12.3. The molecule has 0 unspecified atom stereocenters. The summed E-state index contributed by atoms with van der Waals surface area (Å²) in [5, 5.41) is 15.5. The van der Waals surface area contributed by atoms with Crippen molar-refractivity contribution in [2.24, 2.45) is 0 Å². The summed E-state index contributed by atoms with van der Waals surface area (Å²) in [5.74, 6) is 1.16. The van der Waals surface area contributed by atoms with Crippen molar-refractivity contribution in [2.45, 2.75) is 0 Å². The predicted molar refractivity (Wildman–Crippen MR) is 193 cm³/mol. The van der Waals surface area contributed by atoms with Crippen LogP contribution in [-0.2, 0) is 0 Å². The number of fused-ring (bicyclic) bond motifs is 3. The number of nitro benzene ring substituents is 1. The minimum Gasteiger partial charge on any atom is -0.258 e. The molecule has 0 fully saturated rings. The van der Waals surface area contributed by atoms with Crippen molar-refractivity contribution in [3.8, 4) is 33.9 Å². The fourth-order valence-electron chi connectivity index (χ4n) is 5.79. The summed E-state index contributed by atoms with van der Waals surface area (Å²) in [4.78, 5) is 33.4. The molecular weight excluding hydrogens is 640 g/mol. The van der Waals surface area contributed by atoms with Gasteiger partial charge in [-0.05, 0) is 42.0 Å². The molecule has 0 aliphatic rings. The molecule has 0 atom stereocenters. The van der Waals surface area contributed by atoms with Gasteiger partial charge in [0.25, 0.3) is 0 Å². The van der Waals surface area contributed by atoms with Crippen LogP contribution in [-0.4, -0.2) is 24.9 Å². The van der Waals surface area contributed by atoms with Crippen molar-refractivity contribution in [1.29, 1.82) is 0 Å². The Morgan fingerprint density at radius 1 is 0.646 bits per heavy atom. The number of hydrogen-bond acceptors (Lipinski definition) is 8. The maximum absolute atomic E-state index is 12.9. The van der Waals surface area contributed by atoms with Gasteiger partial charge in [-0.3, -0.25) is 15.0 Å². The second-order valence-corrected chi connectivity index (χ2v) is 12.4. The molecule has 0 saturated carbocycles. The molecule has 3 aromatic heterocycles. The maximum atomic E-state index is 12.9. The molecule has 48 heavy (non-hydrogen) atoms. The molecular formula is C38H23ClN6O2S. The number of anilines is 3. The summed E-state index contributed by atoms with van der Waals surface area (Å²) in [6, 6.07) is 41.8. The summed E-state index contributed by atoms with van der Waals surface area (Å²) < 4.78 is 2.28. The van der Waals surface area contributed by atoms with E-state index in [0.29, 0.717) is 22.8 Å². The van der Waals surface area contributed by atoms with Crippen LogP contribution in [0.15, 0.2) is 140 Å². The van der Waals surface area contributed by atoms with Crippen LogP contribution in [0, 0.1) is 10.1 Å². The summed E-state index contributed by atoms with van der Waals surface area (Å²) in [6.45, 7) is 0. The number of hydrogen-bond donors (Lipinski definition) is 0. The monoisotopic (exact) mass is 662 g/mol. The molecule has 0 N–H and O–H groups in total. The Balaban J connectivity index is 1.40. The first kappa shape index (κ1) is 29.4. The van der Waals surface area contributed by atoms with Crippen molar-refractivity contribution in [1.82, 2.24) is 19.9 Å². The third-order valence-electron chi connectivity index (χ3n) is 7.97. The number of rotatable bonds is 7. The highest BCUT2D eigenvalue weighted by Crippen LogP contribution is 2.45. The first-order valence-electron chi connectivity index (χ1n) is 15.0. The lowest BCUT2D eigenvalue weighted by Crippen LogP contribution is -2.18. The molecule has 0 aliphatic carbocycles. The molecule has 0 spiro atoms. The van der Waals surface area contributed by atoms with Crippen LogP contribution >= 0.6 is 22.9 Å². The highest BCUT2D eigenvalue weighted by atomic mass is 35.5. The maximum Gasteiger partial charge on any atom is 0.301 e. The zero-order valence-electron chi connectivity index (χ0n) is 25.1. The van der Waals surface area contributed by atoms with Gasteiger partial charge in [-0.25, -0.2) is 9.97 Å². The summed E-state index contributed by atoms with van der Waals surface area (Å²) in [6.07, 6.45) is 1.58. The van der Waals surface area contributed by atoms with Gasteiger partial charge in [-0.15, -0.1) is 11.3 Å². The molecule has 10 heteroatoms. The molecule has 0 saturated heterocycles. The van der Waals surface area contributed by atoms with E-state index in [9.17, 15) is 10.1 Å². The molecule has 0 amide bonds. The van der Waals surface area contributed by atoms with Gasteiger partial charge in [0.2, 0.25) is 5.95 Å². The van der Waals surface area contributed by atoms with E-state index >= 15 is 0 Å².